The molecule has 0 amide bonds. The summed E-state index contributed by atoms with van der Waals surface area (Å²) in [6.45, 7) is 8.84. The Bertz CT molecular complexity index is 1780. The van der Waals surface area contributed by atoms with Gasteiger partial charge in [0.15, 0.2) is 0 Å². The Labute approximate surface area is 277 Å². The number of nitrogens with one attached hydrogen (secondary N) is 2. The molecule has 7 nitrogen and oxygen atoms in total. The minimum Gasteiger partial charge on any atom is -0.481 e. The van der Waals surface area contributed by atoms with E-state index in [9.17, 15) is 14.7 Å². The average molecular weight is 632 g/mol. The molecule has 3 unspecified atom stereocenters. The Hall–Kier alpha value is -4.75. The molecule has 0 fully saturated rings. The molecule has 5 rings (SSSR count). The predicted octanol–water partition coefficient (Wildman–Crippen LogP) is 7.94. The van der Waals surface area contributed by atoms with Crippen LogP contribution in [0, 0.1) is 19.8 Å². The number of unbranched alkanes of at least 4 members (excludes halogenated alkanes) is 1. The van der Waals surface area contributed by atoms with E-state index in [0.29, 0.717) is 13.0 Å². The first-order valence-electron chi connectivity index (χ1n) is 16.5. The number of benzene rings is 3. The number of carbonyl (C=O) groups is 2. The van der Waals surface area contributed by atoms with Gasteiger partial charge in [-0.1, -0.05) is 67.4 Å². The lowest BCUT2D eigenvalue weighted by molar-refractivity contribution is -0.148. The monoisotopic (exact) mass is 631 g/mol. The molecule has 2 heterocycles. The van der Waals surface area contributed by atoms with E-state index in [1.165, 1.54) is 5.56 Å². The van der Waals surface area contributed by atoms with Crippen molar-refractivity contribution in [3.63, 3.8) is 0 Å². The van der Waals surface area contributed by atoms with Crippen LogP contribution in [0.1, 0.15) is 66.0 Å². The number of ether oxygens (including phenoxy) is 1. The number of carboxylic acids is 1. The Morgan fingerprint density at radius 2 is 1.60 bits per heavy atom. The first-order valence-corrected chi connectivity index (χ1v) is 16.5. The van der Waals surface area contributed by atoms with Gasteiger partial charge in [0.25, 0.3) is 0 Å². The van der Waals surface area contributed by atoms with E-state index in [-0.39, 0.29) is 18.5 Å². The highest BCUT2D eigenvalue weighted by Gasteiger charge is 2.32. The fourth-order valence-corrected chi connectivity index (χ4v) is 6.36. The number of hydrogen-bond acceptors (Lipinski definition) is 5. The Morgan fingerprint density at radius 3 is 2.30 bits per heavy atom. The van der Waals surface area contributed by atoms with Crippen molar-refractivity contribution in [2.75, 3.05) is 6.54 Å². The van der Waals surface area contributed by atoms with Crippen molar-refractivity contribution in [1.29, 1.82) is 0 Å². The number of aromatic nitrogens is 2. The molecular formula is C40H45N3O4. The number of H-pyrrole nitrogens is 1. The highest BCUT2D eigenvalue weighted by atomic mass is 16.5. The van der Waals surface area contributed by atoms with Crippen LogP contribution in [-0.2, 0) is 33.8 Å². The molecule has 0 aliphatic carbocycles. The number of nitrogens with zero attached hydrogens (tertiary/aromatic N) is 1. The van der Waals surface area contributed by atoms with E-state index in [4.69, 9.17) is 4.74 Å². The number of carboxylic acid groups (broad SMARTS) is 1. The van der Waals surface area contributed by atoms with Crippen LogP contribution in [0.15, 0.2) is 91.3 Å². The number of hydrogen-bond donors (Lipinski definition) is 3. The summed E-state index contributed by atoms with van der Waals surface area (Å²) in [5, 5.41) is 14.2. The Balaban J connectivity index is 1.49. The van der Waals surface area contributed by atoms with Gasteiger partial charge in [0, 0.05) is 29.2 Å². The third-order valence-electron chi connectivity index (χ3n) is 8.82. The number of carbonyl (C=O) groups excluding carboxylic acids is 1. The first kappa shape index (κ1) is 33.6. The fraction of sp³-hybridized carbons (Fsp3) is 0.325. The zero-order valence-electron chi connectivity index (χ0n) is 27.8. The van der Waals surface area contributed by atoms with Gasteiger partial charge < -0.3 is 20.1 Å². The molecule has 0 aliphatic heterocycles. The van der Waals surface area contributed by atoms with Gasteiger partial charge in [-0.05, 0) is 110 Å². The van der Waals surface area contributed by atoms with Gasteiger partial charge in [0.05, 0.1) is 11.6 Å². The van der Waals surface area contributed by atoms with E-state index in [1.807, 2.05) is 67.0 Å². The van der Waals surface area contributed by atoms with Gasteiger partial charge in [0.1, 0.15) is 12.6 Å². The van der Waals surface area contributed by atoms with Crippen molar-refractivity contribution in [1.82, 2.24) is 15.3 Å². The summed E-state index contributed by atoms with van der Waals surface area (Å²) in [6.07, 6.45) is 6.86. The quantitative estimate of drug-likeness (QED) is 0.0801. The SMILES string of the molecule is Cc1cc(C)cc(-c2[nH]c3ccc(CC(C)C(=O)O)cc3c2C(C)C(NCCCCc2ccncc2)C(=O)OCc2ccccc2)c1. The van der Waals surface area contributed by atoms with Crippen LogP contribution in [0.2, 0.25) is 0 Å². The van der Waals surface area contributed by atoms with E-state index in [1.54, 1.807) is 6.92 Å². The van der Waals surface area contributed by atoms with Crippen LogP contribution >= 0.6 is 0 Å². The summed E-state index contributed by atoms with van der Waals surface area (Å²) in [7, 11) is 0. The fourth-order valence-electron chi connectivity index (χ4n) is 6.36. The molecule has 3 aromatic carbocycles. The standard InChI is InChI=1S/C40H45N3O4/c1-26-20-27(2)22-33(21-26)38-36(34-24-32(13-14-35(34)43-38)23-28(3)39(44)45)29(4)37(40(46)47-25-31-11-6-5-7-12-31)42-17-9-8-10-30-15-18-41-19-16-30/h5-7,11-16,18-22,24,28-29,37,42-43H,8-10,17,23,25H2,1-4H3,(H,44,45). The second-order valence-corrected chi connectivity index (χ2v) is 12.7. The minimum absolute atomic E-state index is 0.196. The molecule has 3 atom stereocenters. The molecule has 7 heteroatoms. The maximum absolute atomic E-state index is 14.0. The molecule has 244 valence electrons. The van der Waals surface area contributed by atoms with Gasteiger partial charge in [0.2, 0.25) is 0 Å². The highest BCUT2D eigenvalue weighted by molar-refractivity contribution is 5.93. The number of aryl methyl sites for hydroxylation is 3. The van der Waals surface area contributed by atoms with Crippen molar-refractivity contribution >= 4 is 22.8 Å². The lowest BCUT2D eigenvalue weighted by Gasteiger charge is -2.25. The summed E-state index contributed by atoms with van der Waals surface area (Å²) >= 11 is 0. The molecule has 5 aromatic rings. The van der Waals surface area contributed by atoms with Crippen molar-refractivity contribution in [3.8, 4) is 11.3 Å². The predicted molar refractivity (Wildman–Crippen MR) is 187 cm³/mol. The molecule has 0 aliphatic rings. The number of fused-ring (bicyclic) bond motifs is 1. The molecule has 0 bridgehead atoms. The molecular weight excluding hydrogens is 586 g/mol. The van der Waals surface area contributed by atoms with Gasteiger partial charge >= 0.3 is 11.9 Å². The van der Waals surface area contributed by atoms with Gasteiger partial charge in [-0.25, -0.2) is 0 Å². The van der Waals surface area contributed by atoms with Crippen LogP contribution in [0.4, 0.5) is 0 Å². The molecule has 0 radical (unpaired) electrons. The van der Waals surface area contributed by atoms with Crippen LogP contribution < -0.4 is 5.32 Å². The Morgan fingerprint density at radius 1 is 0.872 bits per heavy atom. The summed E-state index contributed by atoms with van der Waals surface area (Å²) in [4.78, 5) is 33.4. The van der Waals surface area contributed by atoms with E-state index in [2.05, 4.69) is 60.3 Å². The first-order chi connectivity index (χ1) is 22.7. The number of esters is 1. The molecule has 47 heavy (non-hydrogen) atoms. The second kappa shape index (κ2) is 15.7. The minimum atomic E-state index is -0.821. The third kappa shape index (κ3) is 8.74. The van der Waals surface area contributed by atoms with Crippen molar-refractivity contribution in [2.45, 2.75) is 71.9 Å². The summed E-state index contributed by atoms with van der Waals surface area (Å²) in [5.41, 5.74) is 9.40. The maximum Gasteiger partial charge on any atom is 0.324 e. The second-order valence-electron chi connectivity index (χ2n) is 12.7. The third-order valence-corrected chi connectivity index (χ3v) is 8.82. The van der Waals surface area contributed by atoms with Crippen molar-refractivity contribution < 1.29 is 19.4 Å². The summed E-state index contributed by atoms with van der Waals surface area (Å²) in [6, 6.07) is 25.8. The number of aliphatic carboxylic acids is 1. The number of rotatable bonds is 15. The number of pyridine rings is 1. The normalized spacial score (nSPS) is 13.3. The van der Waals surface area contributed by atoms with Gasteiger partial charge in [-0.3, -0.25) is 14.6 Å². The molecule has 0 spiro atoms. The lowest BCUT2D eigenvalue weighted by atomic mass is 9.87. The van der Waals surface area contributed by atoms with Crippen molar-refractivity contribution in [3.05, 3.63) is 125 Å². The number of aromatic amines is 1. The van der Waals surface area contributed by atoms with Crippen LogP contribution in [0.25, 0.3) is 22.2 Å². The highest BCUT2D eigenvalue weighted by Crippen LogP contribution is 2.39. The van der Waals surface area contributed by atoms with Crippen molar-refractivity contribution in [2.24, 2.45) is 5.92 Å². The molecule has 0 saturated carbocycles. The molecule has 2 aromatic heterocycles. The van der Waals surface area contributed by atoms with Crippen LogP contribution in [0.5, 0.6) is 0 Å². The largest absolute Gasteiger partial charge is 0.481 e. The zero-order valence-corrected chi connectivity index (χ0v) is 27.8. The van der Waals surface area contributed by atoms with Gasteiger partial charge in [-0.15, -0.1) is 0 Å². The molecule has 3 N–H and O–H groups in total. The Kier molecular flexibility index (Phi) is 11.2. The zero-order chi connectivity index (χ0) is 33.3. The summed E-state index contributed by atoms with van der Waals surface area (Å²) in [5.74, 6) is -1.90. The maximum atomic E-state index is 14.0. The van der Waals surface area contributed by atoms with E-state index >= 15 is 0 Å². The van der Waals surface area contributed by atoms with Crippen LogP contribution in [-0.4, -0.2) is 39.6 Å². The van der Waals surface area contributed by atoms with E-state index in [0.717, 1.165) is 69.2 Å². The smallest absolute Gasteiger partial charge is 0.324 e. The van der Waals surface area contributed by atoms with Crippen LogP contribution in [0.3, 0.4) is 0 Å². The van der Waals surface area contributed by atoms with Gasteiger partial charge in [-0.2, -0.15) is 0 Å². The van der Waals surface area contributed by atoms with E-state index < -0.39 is 17.9 Å². The lowest BCUT2D eigenvalue weighted by Crippen LogP contribution is -2.42. The summed E-state index contributed by atoms with van der Waals surface area (Å²) < 4.78 is 5.95. The average Bonchev–Trinajstić information content (AvgIpc) is 3.44. The topological polar surface area (TPSA) is 104 Å². The molecule has 0 saturated heterocycles.